The van der Waals surface area contributed by atoms with Gasteiger partial charge in [-0.25, -0.2) is 8.42 Å². The molecular formula is C26H35N3O4S. The number of piperidine rings is 1. The first kappa shape index (κ1) is 24.7. The zero-order chi connectivity index (χ0) is 24.1. The molecule has 2 aromatic carbocycles. The molecule has 2 aromatic rings. The van der Waals surface area contributed by atoms with E-state index in [4.69, 9.17) is 4.74 Å². The molecule has 0 saturated carbocycles. The maximum atomic E-state index is 13.2. The Morgan fingerprint density at radius 1 is 1.06 bits per heavy atom. The van der Waals surface area contributed by atoms with Gasteiger partial charge in [-0.3, -0.25) is 9.69 Å². The van der Waals surface area contributed by atoms with Gasteiger partial charge in [-0.1, -0.05) is 24.6 Å². The summed E-state index contributed by atoms with van der Waals surface area (Å²) in [6.45, 7) is 4.91. The predicted octanol–water partition coefficient (Wildman–Crippen LogP) is 3.83. The van der Waals surface area contributed by atoms with Crippen LogP contribution in [-0.4, -0.2) is 62.9 Å². The summed E-state index contributed by atoms with van der Waals surface area (Å²) >= 11 is 0. The van der Waals surface area contributed by atoms with Crippen molar-refractivity contribution in [3.8, 4) is 5.75 Å². The van der Waals surface area contributed by atoms with E-state index in [1.807, 2.05) is 31.2 Å². The number of methoxy groups -OCH3 is 1. The Kier molecular flexibility index (Phi) is 7.91. The van der Waals surface area contributed by atoms with E-state index in [0.717, 1.165) is 56.5 Å². The Balaban J connectivity index is 1.49. The number of sulfonamides is 1. The lowest BCUT2D eigenvalue weighted by molar-refractivity contribution is 0.0937. The maximum absolute atomic E-state index is 13.2. The van der Waals surface area contributed by atoms with Crippen molar-refractivity contribution in [1.82, 2.24) is 14.5 Å². The molecule has 2 heterocycles. The number of nitrogens with one attached hydrogen (secondary N) is 1. The van der Waals surface area contributed by atoms with Crippen LogP contribution in [0.5, 0.6) is 5.75 Å². The minimum atomic E-state index is -3.63. The van der Waals surface area contributed by atoms with Gasteiger partial charge in [0.25, 0.3) is 5.91 Å². The number of hydrogen-bond acceptors (Lipinski definition) is 5. The standard InChI is InChI=1S/C26H35N3O4S/c1-20-8-3-4-17-29(20)34(31,32)24-10-7-9-22(18-24)26(30)27-19-25(28-15-5-6-16-28)21-11-13-23(33-2)14-12-21/h7,9-14,18,20,25H,3-6,8,15-17,19H2,1-2H3,(H,27,30). The van der Waals surface area contributed by atoms with Gasteiger partial charge in [0, 0.05) is 24.7 Å². The first-order valence-corrected chi connectivity index (χ1v) is 13.6. The van der Waals surface area contributed by atoms with E-state index in [0.29, 0.717) is 18.7 Å². The largest absolute Gasteiger partial charge is 0.497 e. The number of benzene rings is 2. The van der Waals surface area contributed by atoms with Crippen molar-refractivity contribution >= 4 is 15.9 Å². The molecule has 0 aromatic heterocycles. The molecule has 2 saturated heterocycles. The van der Waals surface area contributed by atoms with Gasteiger partial charge < -0.3 is 10.1 Å². The predicted molar refractivity (Wildman–Crippen MR) is 133 cm³/mol. The molecule has 0 radical (unpaired) electrons. The van der Waals surface area contributed by atoms with Crippen LogP contribution in [0.15, 0.2) is 53.4 Å². The van der Waals surface area contributed by atoms with Crippen LogP contribution >= 0.6 is 0 Å². The molecule has 8 heteroatoms. The summed E-state index contributed by atoms with van der Waals surface area (Å²) < 4.78 is 33.3. The fourth-order valence-corrected chi connectivity index (χ4v) is 6.74. The van der Waals surface area contributed by atoms with Crippen LogP contribution < -0.4 is 10.1 Å². The Bertz CT molecular complexity index is 1080. The Morgan fingerprint density at radius 2 is 1.76 bits per heavy atom. The van der Waals surface area contributed by atoms with Crippen molar-refractivity contribution in [1.29, 1.82) is 0 Å². The molecule has 2 fully saturated rings. The second kappa shape index (κ2) is 10.9. The summed E-state index contributed by atoms with van der Waals surface area (Å²) in [7, 11) is -1.98. The zero-order valence-electron chi connectivity index (χ0n) is 20.1. The second-order valence-corrected chi connectivity index (χ2v) is 11.1. The average Bonchev–Trinajstić information content (AvgIpc) is 3.39. The van der Waals surface area contributed by atoms with Crippen LogP contribution in [0.3, 0.4) is 0 Å². The number of likely N-dealkylation sites (tertiary alicyclic amines) is 1. The topological polar surface area (TPSA) is 78.9 Å². The van der Waals surface area contributed by atoms with Gasteiger partial charge in [-0.05, 0) is 81.6 Å². The molecule has 7 nitrogen and oxygen atoms in total. The minimum absolute atomic E-state index is 0.0260. The summed E-state index contributed by atoms with van der Waals surface area (Å²) in [5.74, 6) is 0.537. The summed E-state index contributed by atoms with van der Waals surface area (Å²) in [4.78, 5) is 15.6. The fraction of sp³-hybridized carbons (Fsp3) is 0.500. The lowest BCUT2D eigenvalue weighted by atomic mass is 10.0. The summed E-state index contributed by atoms with van der Waals surface area (Å²) in [5, 5.41) is 3.05. The van der Waals surface area contributed by atoms with Crippen molar-refractivity contribution in [2.24, 2.45) is 0 Å². The van der Waals surface area contributed by atoms with Gasteiger partial charge in [0.1, 0.15) is 5.75 Å². The number of carbonyl (C=O) groups excluding carboxylic acids is 1. The number of ether oxygens (including phenoxy) is 1. The van der Waals surface area contributed by atoms with Crippen LogP contribution in [0.1, 0.15) is 61.0 Å². The van der Waals surface area contributed by atoms with Gasteiger partial charge in [-0.15, -0.1) is 0 Å². The normalized spacial score (nSPS) is 20.7. The molecule has 2 atom stereocenters. The van der Waals surface area contributed by atoms with E-state index in [9.17, 15) is 13.2 Å². The zero-order valence-corrected chi connectivity index (χ0v) is 20.9. The van der Waals surface area contributed by atoms with Crippen molar-refractivity contribution in [3.05, 3.63) is 59.7 Å². The van der Waals surface area contributed by atoms with E-state index in [2.05, 4.69) is 10.2 Å². The third-order valence-electron chi connectivity index (χ3n) is 6.98. The van der Waals surface area contributed by atoms with Gasteiger partial charge in [-0.2, -0.15) is 4.31 Å². The molecule has 1 N–H and O–H groups in total. The first-order valence-electron chi connectivity index (χ1n) is 12.2. The van der Waals surface area contributed by atoms with E-state index in [1.54, 1.807) is 29.6 Å². The van der Waals surface area contributed by atoms with Gasteiger partial charge in [0.15, 0.2) is 0 Å². The van der Waals surface area contributed by atoms with E-state index in [-0.39, 0.29) is 22.9 Å². The fourth-order valence-electron chi connectivity index (χ4n) is 4.99. The quantitative estimate of drug-likeness (QED) is 0.615. The lowest BCUT2D eigenvalue weighted by Gasteiger charge is -2.32. The molecule has 1 amide bonds. The third-order valence-corrected chi connectivity index (χ3v) is 8.99. The van der Waals surface area contributed by atoms with E-state index < -0.39 is 10.0 Å². The number of amides is 1. The average molecular weight is 486 g/mol. The summed E-state index contributed by atoms with van der Waals surface area (Å²) in [6, 6.07) is 14.4. The van der Waals surface area contributed by atoms with Crippen molar-refractivity contribution < 1.29 is 17.9 Å². The molecule has 0 aliphatic carbocycles. The highest BCUT2D eigenvalue weighted by Crippen LogP contribution is 2.27. The highest BCUT2D eigenvalue weighted by atomic mass is 32.2. The maximum Gasteiger partial charge on any atom is 0.251 e. The van der Waals surface area contributed by atoms with Crippen LogP contribution in [-0.2, 0) is 10.0 Å². The van der Waals surface area contributed by atoms with Crippen molar-refractivity contribution in [3.63, 3.8) is 0 Å². The highest BCUT2D eigenvalue weighted by Gasteiger charge is 2.31. The molecule has 4 rings (SSSR count). The molecule has 2 aliphatic rings. The molecular weight excluding hydrogens is 450 g/mol. The van der Waals surface area contributed by atoms with Crippen molar-refractivity contribution in [2.75, 3.05) is 33.3 Å². The molecule has 2 aliphatic heterocycles. The number of rotatable bonds is 8. The second-order valence-electron chi connectivity index (χ2n) is 9.23. The molecule has 2 unspecified atom stereocenters. The number of carbonyl (C=O) groups is 1. The third kappa shape index (κ3) is 5.45. The van der Waals surface area contributed by atoms with Gasteiger partial charge >= 0.3 is 0 Å². The Morgan fingerprint density at radius 3 is 2.44 bits per heavy atom. The highest BCUT2D eigenvalue weighted by molar-refractivity contribution is 7.89. The van der Waals surface area contributed by atoms with Crippen LogP contribution in [0.2, 0.25) is 0 Å². The summed E-state index contributed by atoms with van der Waals surface area (Å²) in [6.07, 6.45) is 5.07. The van der Waals surface area contributed by atoms with Crippen LogP contribution in [0, 0.1) is 0 Å². The SMILES string of the molecule is COc1ccc(C(CNC(=O)c2cccc(S(=O)(=O)N3CCCCC3C)c2)N2CCCC2)cc1. The lowest BCUT2D eigenvalue weighted by Crippen LogP contribution is -2.42. The monoisotopic (exact) mass is 485 g/mol. The first-order chi connectivity index (χ1) is 16.4. The van der Waals surface area contributed by atoms with Crippen molar-refractivity contribution in [2.45, 2.75) is 56.0 Å². The number of nitrogens with zero attached hydrogens (tertiary/aromatic N) is 2. The van der Waals surface area contributed by atoms with Gasteiger partial charge in [0.2, 0.25) is 10.0 Å². The molecule has 184 valence electrons. The smallest absolute Gasteiger partial charge is 0.251 e. The van der Waals surface area contributed by atoms with E-state index in [1.165, 1.54) is 6.07 Å². The van der Waals surface area contributed by atoms with E-state index >= 15 is 0 Å². The van der Waals surface area contributed by atoms with Crippen LogP contribution in [0.4, 0.5) is 0 Å². The number of hydrogen-bond donors (Lipinski definition) is 1. The molecule has 0 bridgehead atoms. The van der Waals surface area contributed by atoms with Gasteiger partial charge in [0.05, 0.1) is 18.0 Å². The Hall–Kier alpha value is -2.42. The molecule has 0 spiro atoms. The minimum Gasteiger partial charge on any atom is -0.497 e. The Labute approximate surface area is 203 Å². The molecule has 34 heavy (non-hydrogen) atoms. The van der Waals surface area contributed by atoms with Crippen LogP contribution in [0.25, 0.3) is 0 Å². The summed E-state index contributed by atoms with van der Waals surface area (Å²) in [5.41, 5.74) is 1.49.